The second-order valence-corrected chi connectivity index (χ2v) is 11.2. The minimum absolute atomic E-state index is 0. The van der Waals surface area contributed by atoms with E-state index in [2.05, 4.69) is 20.8 Å². The molecule has 0 N–H and O–H groups in total. The molecule has 1 unspecified atom stereocenters. The van der Waals surface area contributed by atoms with Crippen LogP contribution in [-0.2, 0) is 0 Å². The van der Waals surface area contributed by atoms with Gasteiger partial charge in [0.05, 0.1) is 39.3 Å². The van der Waals surface area contributed by atoms with Crippen molar-refractivity contribution in [1.29, 1.82) is 0 Å². The van der Waals surface area contributed by atoms with Crippen molar-refractivity contribution in [3.05, 3.63) is 35.9 Å². The van der Waals surface area contributed by atoms with Crippen molar-refractivity contribution in [2.75, 3.05) is 34.0 Å². The summed E-state index contributed by atoms with van der Waals surface area (Å²) >= 11 is 0. The minimum Gasteiger partial charge on any atom is -1.00 e. The van der Waals surface area contributed by atoms with Crippen LogP contribution in [0, 0.1) is 0 Å². The first-order valence-corrected chi connectivity index (χ1v) is 16.2. The van der Waals surface area contributed by atoms with Gasteiger partial charge in [-0.05, 0) is 40.0 Å². The van der Waals surface area contributed by atoms with E-state index in [-0.39, 0.29) is 34.4 Å². The monoisotopic (exact) mass is 582 g/mol. The van der Waals surface area contributed by atoms with Gasteiger partial charge in [0.2, 0.25) is 0 Å². The Hall–Kier alpha value is -1.86. The van der Waals surface area contributed by atoms with Crippen molar-refractivity contribution in [1.82, 2.24) is 0 Å². The Kier molecular flexibility index (Phi) is 20.6. The van der Waals surface area contributed by atoms with Crippen LogP contribution >= 0.6 is 8.58 Å². The molecule has 8 heteroatoms. The Labute approximate surface area is 264 Å². The SMILES string of the molecule is CCCCCCOc1cc(OCCCCCC)c(PC(=O)c2c(OC)cccc2OC)c(OCCCCCC)c1.[H-].[Li+]. The van der Waals surface area contributed by atoms with Gasteiger partial charge in [-0.1, -0.05) is 84.6 Å². The van der Waals surface area contributed by atoms with Crippen LogP contribution in [0.4, 0.5) is 0 Å². The Morgan fingerprint density at radius 3 is 1.51 bits per heavy atom. The number of methoxy groups -OCH3 is 2. The quantitative estimate of drug-likeness (QED) is 0.0932. The van der Waals surface area contributed by atoms with E-state index in [0.717, 1.165) is 49.6 Å². The average Bonchev–Trinajstić information content (AvgIpc) is 2.97. The molecular formula is C33H52LiO6P. The number of ether oxygens (including phenoxy) is 5. The van der Waals surface area contributed by atoms with E-state index in [1.54, 1.807) is 26.4 Å². The molecule has 226 valence electrons. The number of unbranched alkanes of at least 4 members (excludes halogenated alkanes) is 9. The third-order valence-electron chi connectivity index (χ3n) is 6.71. The molecule has 0 fully saturated rings. The second-order valence-electron chi connectivity index (χ2n) is 10.0. The molecule has 2 rings (SSSR count). The molecule has 0 bridgehead atoms. The van der Waals surface area contributed by atoms with Crippen LogP contribution in [0.5, 0.6) is 28.7 Å². The molecule has 1 atom stereocenters. The number of carbonyl (C=O) groups excluding carboxylic acids is 1. The molecule has 41 heavy (non-hydrogen) atoms. The van der Waals surface area contributed by atoms with E-state index in [0.29, 0.717) is 48.4 Å². The van der Waals surface area contributed by atoms with Crippen molar-refractivity contribution >= 4 is 19.4 Å². The number of carbonyl (C=O) groups is 1. The Morgan fingerprint density at radius 2 is 1.10 bits per heavy atom. The van der Waals surface area contributed by atoms with Crippen LogP contribution in [-0.4, -0.2) is 39.6 Å². The van der Waals surface area contributed by atoms with E-state index in [1.165, 1.54) is 38.5 Å². The first-order valence-electron chi connectivity index (χ1n) is 15.2. The van der Waals surface area contributed by atoms with Crippen LogP contribution in [0.3, 0.4) is 0 Å². The van der Waals surface area contributed by atoms with Gasteiger partial charge in [-0.25, -0.2) is 0 Å². The molecule has 0 aliphatic carbocycles. The first-order chi connectivity index (χ1) is 19.6. The zero-order chi connectivity index (χ0) is 29.0. The van der Waals surface area contributed by atoms with Gasteiger partial charge in [0.1, 0.15) is 34.3 Å². The Bertz CT molecular complexity index is 949. The van der Waals surface area contributed by atoms with Crippen molar-refractivity contribution < 1.29 is 48.8 Å². The summed E-state index contributed by atoms with van der Waals surface area (Å²) in [6.07, 6.45) is 13.4. The zero-order valence-electron chi connectivity index (χ0n) is 27.4. The van der Waals surface area contributed by atoms with Crippen molar-refractivity contribution in [2.45, 2.75) is 97.8 Å². The Balaban J connectivity index is 0.00000840. The van der Waals surface area contributed by atoms with Crippen molar-refractivity contribution in [3.63, 3.8) is 0 Å². The number of rotatable bonds is 23. The molecular weight excluding hydrogens is 530 g/mol. The largest absolute Gasteiger partial charge is 1.00 e. The predicted molar refractivity (Wildman–Crippen MR) is 168 cm³/mol. The van der Waals surface area contributed by atoms with Gasteiger partial charge >= 0.3 is 18.9 Å². The number of benzene rings is 2. The van der Waals surface area contributed by atoms with E-state index >= 15 is 0 Å². The summed E-state index contributed by atoms with van der Waals surface area (Å²) in [5, 5.41) is 0.766. The van der Waals surface area contributed by atoms with Gasteiger partial charge in [0, 0.05) is 12.1 Å². The third kappa shape index (κ3) is 13.3. The van der Waals surface area contributed by atoms with E-state index in [1.807, 2.05) is 18.2 Å². The maximum atomic E-state index is 13.8. The smallest absolute Gasteiger partial charge is 1.00 e. The number of hydrogen-bond donors (Lipinski definition) is 0. The molecule has 0 aromatic heterocycles. The number of hydrogen-bond acceptors (Lipinski definition) is 6. The fourth-order valence-electron chi connectivity index (χ4n) is 4.39. The molecule has 0 radical (unpaired) electrons. The maximum absolute atomic E-state index is 13.8. The maximum Gasteiger partial charge on any atom is 1.00 e. The zero-order valence-corrected chi connectivity index (χ0v) is 27.4. The molecule has 6 nitrogen and oxygen atoms in total. The Morgan fingerprint density at radius 1 is 0.659 bits per heavy atom. The van der Waals surface area contributed by atoms with E-state index in [4.69, 9.17) is 23.7 Å². The molecule has 0 heterocycles. The summed E-state index contributed by atoms with van der Waals surface area (Å²) < 4.78 is 29.9. The molecule has 0 spiro atoms. The van der Waals surface area contributed by atoms with E-state index < -0.39 is 0 Å². The summed E-state index contributed by atoms with van der Waals surface area (Å²) in [5.74, 6) is 3.03. The van der Waals surface area contributed by atoms with Crippen LogP contribution in [0.1, 0.15) is 110 Å². The van der Waals surface area contributed by atoms with Gasteiger partial charge < -0.3 is 25.1 Å². The summed E-state index contributed by atoms with van der Waals surface area (Å²) in [7, 11) is 2.90. The summed E-state index contributed by atoms with van der Waals surface area (Å²) in [6, 6.07) is 9.25. The molecule has 2 aromatic carbocycles. The molecule has 0 saturated heterocycles. The van der Waals surface area contributed by atoms with Gasteiger partial charge in [0.15, 0.2) is 5.52 Å². The fraction of sp³-hybridized carbons (Fsp3) is 0.606. The average molecular weight is 583 g/mol. The molecule has 0 aliphatic rings. The van der Waals surface area contributed by atoms with Crippen LogP contribution in [0.15, 0.2) is 30.3 Å². The van der Waals surface area contributed by atoms with Gasteiger partial charge in [-0.2, -0.15) is 0 Å². The predicted octanol–water partition coefficient (Wildman–Crippen LogP) is 5.84. The van der Waals surface area contributed by atoms with Crippen LogP contribution in [0.2, 0.25) is 0 Å². The molecule has 0 saturated carbocycles. The van der Waals surface area contributed by atoms with Crippen molar-refractivity contribution in [3.8, 4) is 28.7 Å². The standard InChI is InChI=1S/C33H51O6P.Li.H/c1-6-9-12-15-21-37-26-24-29(38-22-16-13-10-7-2)32(30(25-26)39-23-17-14-11-8-3)40-33(34)31-27(35-4)19-18-20-28(31)36-5;;/h18-20,24-25,40H,6-17,21-23H2,1-5H3;;/q;+1;-1. The summed E-state index contributed by atoms with van der Waals surface area (Å²) in [4.78, 5) is 13.8. The van der Waals surface area contributed by atoms with Gasteiger partial charge in [-0.15, -0.1) is 0 Å². The van der Waals surface area contributed by atoms with Crippen LogP contribution in [0.25, 0.3) is 0 Å². The molecule has 0 amide bonds. The summed E-state index contributed by atoms with van der Waals surface area (Å²) in [6.45, 7) is 8.41. The fourth-order valence-corrected chi connectivity index (χ4v) is 5.53. The van der Waals surface area contributed by atoms with Crippen molar-refractivity contribution in [2.24, 2.45) is 0 Å². The third-order valence-corrected chi connectivity index (χ3v) is 7.93. The topological polar surface area (TPSA) is 63.2 Å². The van der Waals surface area contributed by atoms with Crippen LogP contribution < -0.4 is 47.8 Å². The van der Waals surface area contributed by atoms with E-state index in [9.17, 15) is 4.79 Å². The second kappa shape index (κ2) is 22.7. The normalized spacial score (nSPS) is 10.9. The summed E-state index contributed by atoms with van der Waals surface area (Å²) in [5.41, 5.74) is 0.346. The molecule has 0 aliphatic heterocycles. The van der Waals surface area contributed by atoms with Gasteiger partial charge in [0.25, 0.3) is 0 Å². The van der Waals surface area contributed by atoms with Gasteiger partial charge in [-0.3, -0.25) is 4.79 Å². The minimum atomic E-state index is -0.229. The first kappa shape index (κ1) is 37.2. The molecule has 2 aromatic rings.